The third-order valence-corrected chi connectivity index (χ3v) is 6.45. The monoisotopic (exact) mass is 480 g/mol. The van der Waals surface area contributed by atoms with E-state index in [4.69, 9.17) is 51.4 Å². The topological polar surface area (TPSA) is 34.9 Å². The van der Waals surface area contributed by atoms with Gasteiger partial charge in [0.2, 0.25) is 0 Å². The molecule has 0 spiro atoms. The molecule has 29 heavy (non-hydrogen) atoms. The van der Waals surface area contributed by atoms with E-state index in [1.54, 1.807) is 65.2 Å². The highest BCUT2D eigenvalue weighted by Gasteiger charge is 2.15. The number of hydrogen-bond acceptors (Lipinski definition) is 3. The van der Waals surface area contributed by atoms with E-state index >= 15 is 0 Å². The van der Waals surface area contributed by atoms with Crippen molar-refractivity contribution in [1.29, 1.82) is 0 Å². The summed E-state index contributed by atoms with van der Waals surface area (Å²) in [6.07, 6.45) is 0. The van der Waals surface area contributed by atoms with Gasteiger partial charge in [-0.1, -0.05) is 64.2 Å². The molecule has 0 saturated heterocycles. The molecule has 0 aliphatic heterocycles. The second-order valence-electron chi connectivity index (χ2n) is 6.16. The van der Waals surface area contributed by atoms with Gasteiger partial charge in [-0.05, 0) is 60.2 Å². The summed E-state index contributed by atoms with van der Waals surface area (Å²) in [4.78, 5) is 18.0. The average molecular weight is 482 g/mol. The summed E-state index contributed by atoms with van der Waals surface area (Å²) in [7, 11) is 0. The number of thioether (sulfide) groups is 1. The largest absolute Gasteiger partial charge is 0.268 e. The number of hydrogen-bond donors (Lipinski definition) is 0. The first-order valence-corrected chi connectivity index (χ1v) is 11.0. The molecule has 3 nitrogen and oxygen atoms in total. The smallest absolute Gasteiger partial charge is 0.266 e. The van der Waals surface area contributed by atoms with Crippen molar-refractivity contribution < 1.29 is 0 Å². The summed E-state index contributed by atoms with van der Waals surface area (Å²) < 4.78 is 1.56. The summed E-state index contributed by atoms with van der Waals surface area (Å²) >= 11 is 26.1. The van der Waals surface area contributed by atoms with Crippen molar-refractivity contribution in [2.45, 2.75) is 10.9 Å². The molecule has 8 heteroatoms. The van der Waals surface area contributed by atoms with E-state index in [-0.39, 0.29) is 5.56 Å². The van der Waals surface area contributed by atoms with Crippen LogP contribution < -0.4 is 5.56 Å². The molecule has 0 aliphatic carbocycles. The summed E-state index contributed by atoms with van der Waals surface area (Å²) in [5.41, 5.74) is 1.78. The number of nitrogens with zero attached hydrogens (tertiary/aromatic N) is 2. The summed E-state index contributed by atoms with van der Waals surface area (Å²) in [5, 5.41) is 3.20. The first kappa shape index (κ1) is 20.6. The molecule has 0 atom stereocenters. The Morgan fingerprint density at radius 2 is 1.52 bits per heavy atom. The van der Waals surface area contributed by atoms with Crippen LogP contribution in [0.1, 0.15) is 5.56 Å². The standard InChI is InChI=1S/C21H12Cl4N2OS/c22-12-4-7-14(8-5-12)27-20(28)15-9-6-13(23)10-19(15)26-21(27)29-11-16-17(24)2-1-3-18(16)25/h1-10H,11H2. The minimum atomic E-state index is -0.193. The van der Waals surface area contributed by atoms with Crippen molar-refractivity contribution in [3.8, 4) is 5.69 Å². The Morgan fingerprint density at radius 3 is 2.21 bits per heavy atom. The van der Waals surface area contributed by atoms with E-state index in [0.717, 1.165) is 5.56 Å². The van der Waals surface area contributed by atoms with Crippen LogP contribution in [0.4, 0.5) is 0 Å². The van der Waals surface area contributed by atoms with Crippen LogP contribution in [0.15, 0.2) is 70.6 Å². The molecular formula is C21H12Cl4N2OS. The fourth-order valence-corrected chi connectivity index (χ4v) is 4.91. The van der Waals surface area contributed by atoms with Gasteiger partial charge in [0.15, 0.2) is 5.16 Å². The lowest BCUT2D eigenvalue weighted by molar-refractivity contribution is 0.819. The number of aromatic nitrogens is 2. The molecule has 4 rings (SSSR count). The molecule has 0 aliphatic rings. The Kier molecular flexibility index (Phi) is 6.09. The van der Waals surface area contributed by atoms with Crippen LogP contribution in [0.2, 0.25) is 20.1 Å². The van der Waals surface area contributed by atoms with Gasteiger partial charge in [-0.2, -0.15) is 0 Å². The van der Waals surface area contributed by atoms with Crippen molar-refractivity contribution >= 4 is 69.1 Å². The summed E-state index contributed by atoms with van der Waals surface area (Å²) in [5.74, 6) is 0.449. The Morgan fingerprint density at radius 1 is 0.862 bits per heavy atom. The molecule has 1 heterocycles. The lowest BCUT2D eigenvalue weighted by Gasteiger charge is -2.14. The lowest BCUT2D eigenvalue weighted by atomic mass is 10.2. The molecule has 0 amide bonds. The third kappa shape index (κ3) is 4.27. The molecule has 0 fully saturated rings. The molecule has 3 aromatic carbocycles. The van der Waals surface area contributed by atoms with E-state index in [0.29, 0.717) is 47.6 Å². The van der Waals surface area contributed by atoms with E-state index < -0.39 is 0 Å². The average Bonchev–Trinajstić information content (AvgIpc) is 2.68. The van der Waals surface area contributed by atoms with Crippen LogP contribution in [0.5, 0.6) is 0 Å². The number of halogens is 4. The normalized spacial score (nSPS) is 11.2. The molecular weight excluding hydrogens is 470 g/mol. The van der Waals surface area contributed by atoms with Crippen molar-refractivity contribution in [3.63, 3.8) is 0 Å². The van der Waals surface area contributed by atoms with Crippen LogP contribution in [0.25, 0.3) is 16.6 Å². The molecule has 0 radical (unpaired) electrons. The van der Waals surface area contributed by atoms with E-state index in [2.05, 4.69) is 0 Å². The number of fused-ring (bicyclic) bond motifs is 1. The van der Waals surface area contributed by atoms with Gasteiger partial charge in [-0.15, -0.1) is 0 Å². The molecule has 0 N–H and O–H groups in total. The van der Waals surface area contributed by atoms with Gasteiger partial charge in [0.1, 0.15) is 0 Å². The Bertz CT molecular complexity index is 1250. The number of benzene rings is 3. The number of rotatable bonds is 4. The van der Waals surface area contributed by atoms with Gasteiger partial charge >= 0.3 is 0 Å². The fraction of sp³-hybridized carbons (Fsp3) is 0.0476. The maximum absolute atomic E-state index is 13.3. The zero-order valence-electron chi connectivity index (χ0n) is 14.7. The van der Waals surface area contributed by atoms with Crippen LogP contribution >= 0.6 is 58.2 Å². The van der Waals surface area contributed by atoms with Crippen LogP contribution in [-0.4, -0.2) is 9.55 Å². The second kappa shape index (κ2) is 8.58. The zero-order valence-corrected chi connectivity index (χ0v) is 18.5. The molecule has 0 unspecified atom stereocenters. The fourth-order valence-electron chi connectivity index (χ4n) is 2.86. The van der Waals surface area contributed by atoms with Gasteiger partial charge in [0.25, 0.3) is 5.56 Å². The quantitative estimate of drug-likeness (QED) is 0.226. The summed E-state index contributed by atoms with van der Waals surface area (Å²) in [6, 6.07) is 17.4. The summed E-state index contributed by atoms with van der Waals surface area (Å²) in [6.45, 7) is 0. The molecule has 0 saturated carbocycles. The second-order valence-corrected chi connectivity index (χ2v) is 8.79. The van der Waals surface area contributed by atoms with Crippen molar-refractivity contribution in [3.05, 3.63) is 96.7 Å². The first-order chi connectivity index (χ1) is 13.9. The highest BCUT2D eigenvalue weighted by Crippen LogP contribution is 2.32. The van der Waals surface area contributed by atoms with Crippen LogP contribution in [0.3, 0.4) is 0 Å². The maximum Gasteiger partial charge on any atom is 0.266 e. The predicted octanol–water partition coefficient (Wildman–Crippen LogP) is 7.29. The molecule has 0 bridgehead atoms. The van der Waals surface area contributed by atoms with E-state index in [1.807, 2.05) is 0 Å². The van der Waals surface area contributed by atoms with Gasteiger partial charge in [-0.3, -0.25) is 9.36 Å². The minimum Gasteiger partial charge on any atom is -0.268 e. The minimum absolute atomic E-state index is 0.193. The van der Waals surface area contributed by atoms with Crippen LogP contribution in [-0.2, 0) is 5.75 Å². The Balaban J connectivity index is 1.87. The SMILES string of the molecule is O=c1c2ccc(Cl)cc2nc(SCc2c(Cl)cccc2Cl)n1-c1ccc(Cl)cc1. The van der Waals surface area contributed by atoms with Crippen LogP contribution in [0, 0.1) is 0 Å². The van der Waals surface area contributed by atoms with Gasteiger partial charge in [-0.25, -0.2) is 4.98 Å². The van der Waals surface area contributed by atoms with Gasteiger partial charge in [0, 0.05) is 25.8 Å². The third-order valence-electron chi connectivity index (χ3n) is 4.29. The molecule has 146 valence electrons. The van der Waals surface area contributed by atoms with E-state index in [9.17, 15) is 4.79 Å². The molecule has 4 aromatic rings. The van der Waals surface area contributed by atoms with Gasteiger partial charge < -0.3 is 0 Å². The maximum atomic E-state index is 13.3. The van der Waals surface area contributed by atoms with Crippen molar-refractivity contribution in [2.75, 3.05) is 0 Å². The lowest BCUT2D eigenvalue weighted by Crippen LogP contribution is -2.21. The Hall–Kier alpha value is -1.69. The predicted molar refractivity (Wildman–Crippen MR) is 123 cm³/mol. The highest BCUT2D eigenvalue weighted by molar-refractivity contribution is 7.98. The Labute approximate surface area is 191 Å². The van der Waals surface area contributed by atoms with Crippen molar-refractivity contribution in [1.82, 2.24) is 9.55 Å². The first-order valence-electron chi connectivity index (χ1n) is 8.48. The van der Waals surface area contributed by atoms with Crippen molar-refractivity contribution in [2.24, 2.45) is 0 Å². The van der Waals surface area contributed by atoms with Gasteiger partial charge in [0.05, 0.1) is 16.6 Å². The highest BCUT2D eigenvalue weighted by atomic mass is 35.5. The van der Waals surface area contributed by atoms with E-state index in [1.165, 1.54) is 11.8 Å². The molecule has 1 aromatic heterocycles. The zero-order chi connectivity index (χ0) is 20.5.